The Labute approximate surface area is 468 Å². The molecule has 7 atom stereocenters. The molecule has 2 fully saturated rings. The molecule has 4 aromatic carbocycles. The van der Waals surface area contributed by atoms with Crippen molar-refractivity contribution in [1.82, 2.24) is 19.5 Å². The van der Waals surface area contributed by atoms with Gasteiger partial charge in [-0.25, -0.2) is 9.36 Å². The molecule has 2 aromatic heterocycles. The maximum absolute atomic E-state index is 15.0. The summed E-state index contributed by atoms with van der Waals surface area (Å²) in [5, 5.41) is 7.83. The average molecular weight is 1150 g/mol. The number of anilines is 3. The van der Waals surface area contributed by atoms with Crippen molar-refractivity contribution in [1.29, 1.82) is 0 Å². The van der Waals surface area contributed by atoms with E-state index in [4.69, 9.17) is 46.4 Å². The Morgan fingerprint density at radius 3 is 1.99 bits per heavy atom. The van der Waals surface area contributed by atoms with Gasteiger partial charge in [0.05, 0.1) is 33.5 Å². The van der Waals surface area contributed by atoms with E-state index in [1.54, 1.807) is 51.5 Å². The number of rotatable bonds is 25. The maximum atomic E-state index is 15.0. The molecule has 81 heavy (non-hydrogen) atoms. The summed E-state index contributed by atoms with van der Waals surface area (Å²) < 4.78 is 78.4. The lowest BCUT2D eigenvalue weighted by atomic mass is 9.79. The number of nitrogens with one attached hydrogen (secondary N) is 5. The average Bonchev–Trinajstić information content (AvgIpc) is 4.16. The van der Waals surface area contributed by atoms with E-state index in [2.05, 4.69) is 64.8 Å². The van der Waals surface area contributed by atoms with E-state index in [0.717, 1.165) is 7.11 Å². The van der Waals surface area contributed by atoms with E-state index < -0.39 is 94.5 Å². The molecule has 0 spiro atoms. The number of para-hydroxylation sites is 1. The SMILES string of the molecule is COc1ccc(C(O[C@H]2C[C@H](Nc3nc(NC(=O)COc4ccccc4)[nH]c(=O)c3NC=O)O[C@@H]2COP(=O)(OC)O[C@H]2C[C@H](n3cc(C)c(=O)[nH]c3=O)O[C@@H]2CO[Si](C)(C)C(C)(C)C)(c2ccccc2)c2ccc(OC)cc2)cc1. The van der Waals surface area contributed by atoms with Gasteiger partial charge in [-0.05, 0) is 78.1 Å². The van der Waals surface area contributed by atoms with E-state index in [0.29, 0.717) is 40.3 Å². The Bertz CT molecular complexity index is 3290. The molecule has 0 saturated carbocycles. The minimum Gasteiger partial charge on any atom is -0.497 e. The normalized spacial score (nSPS) is 20.0. The highest BCUT2D eigenvalue weighted by molar-refractivity contribution is 7.48. The number of ether oxygens (including phenoxy) is 6. The second kappa shape index (κ2) is 25.7. The molecule has 5 N–H and O–H groups in total. The van der Waals surface area contributed by atoms with Gasteiger partial charge in [-0.2, -0.15) is 4.98 Å². The van der Waals surface area contributed by atoms with Crippen LogP contribution in [-0.2, 0) is 52.0 Å². The van der Waals surface area contributed by atoms with Gasteiger partial charge < -0.3 is 43.5 Å². The van der Waals surface area contributed by atoms with E-state index in [-0.39, 0.29) is 47.5 Å². The molecule has 2 aliphatic heterocycles. The monoisotopic (exact) mass is 1150 g/mol. The van der Waals surface area contributed by atoms with Crippen molar-refractivity contribution in [2.75, 3.05) is 57.1 Å². The van der Waals surface area contributed by atoms with Crippen LogP contribution in [0.1, 0.15) is 62.1 Å². The van der Waals surface area contributed by atoms with Crippen molar-refractivity contribution >= 4 is 45.9 Å². The van der Waals surface area contributed by atoms with Crippen molar-refractivity contribution in [3.63, 3.8) is 0 Å². The fourth-order valence-corrected chi connectivity index (χ4v) is 11.2. The first-order valence-electron chi connectivity index (χ1n) is 26.0. The molecule has 2 aliphatic rings. The van der Waals surface area contributed by atoms with E-state index >= 15 is 4.57 Å². The number of aromatic nitrogens is 4. The fourth-order valence-electron chi connectivity index (χ4n) is 9.05. The molecule has 432 valence electrons. The first kappa shape index (κ1) is 59.9. The predicted molar refractivity (Wildman–Crippen MR) is 302 cm³/mol. The van der Waals surface area contributed by atoms with Gasteiger partial charge in [0.15, 0.2) is 20.7 Å². The molecular weight excluding hydrogens is 1090 g/mol. The number of carbonyl (C=O) groups is 2. The highest BCUT2D eigenvalue weighted by atomic mass is 31.2. The summed E-state index contributed by atoms with van der Waals surface area (Å²) >= 11 is 0. The van der Waals surface area contributed by atoms with Crippen LogP contribution in [-0.4, -0.2) is 112 Å². The summed E-state index contributed by atoms with van der Waals surface area (Å²) in [6.07, 6.45) is -4.53. The van der Waals surface area contributed by atoms with Gasteiger partial charge in [0.2, 0.25) is 12.4 Å². The molecule has 8 rings (SSSR count). The highest BCUT2D eigenvalue weighted by Gasteiger charge is 2.49. The van der Waals surface area contributed by atoms with Gasteiger partial charge in [0.1, 0.15) is 59.3 Å². The largest absolute Gasteiger partial charge is 0.497 e. The lowest BCUT2D eigenvalue weighted by Crippen LogP contribution is -2.44. The van der Waals surface area contributed by atoms with Crippen LogP contribution in [0, 0.1) is 6.92 Å². The zero-order chi connectivity index (χ0) is 58.1. The van der Waals surface area contributed by atoms with Crippen LogP contribution in [0.5, 0.6) is 17.2 Å². The smallest absolute Gasteiger partial charge is 0.474 e. The number of H-pyrrole nitrogens is 2. The van der Waals surface area contributed by atoms with Crippen LogP contribution >= 0.6 is 7.82 Å². The lowest BCUT2D eigenvalue weighted by molar-refractivity contribution is -0.118. The minimum absolute atomic E-state index is 0.00405. The Kier molecular flexibility index (Phi) is 19.0. The Morgan fingerprint density at radius 1 is 0.790 bits per heavy atom. The number of amides is 2. The van der Waals surface area contributed by atoms with Crippen LogP contribution in [0.4, 0.5) is 17.5 Å². The van der Waals surface area contributed by atoms with E-state index in [9.17, 15) is 24.0 Å². The number of aryl methyl sites for hydroxylation is 1. The number of nitrogens with zero attached hydrogens (tertiary/aromatic N) is 2. The van der Waals surface area contributed by atoms with E-state index in [1.807, 2.05) is 78.9 Å². The quantitative estimate of drug-likeness (QED) is 0.0160. The molecule has 0 aliphatic carbocycles. The molecule has 25 heteroatoms. The van der Waals surface area contributed by atoms with Gasteiger partial charge in [0, 0.05) is 31.7 Å². The third kappa shape index (κ3) is 14.1. The number of hydrogen-bond acceptors (Lipinski definition) is 18. The molecule has 2 amide bonds. The second-order valence-corrected chi connectivity index (χ2v) is 27.3. The molecular formula is C56H68N7O16PSi. The standard InChI is InChI=1S/C56H68N7O16PSi/c1-35-30-63(54(68)62-51(35)66)48-29-43(45(77-48)32-75-81(8,9)55(2,3)4)79-80(69,72-7)74-31-44-42(78-56(36-16-12-10-13-17-36,37-20-24-39(70-5)25-21-37)38-22-26-40(71-6)27-23-38)28-47(76-44)59-50-49(57-34-64)52(67)61-53(60-50)58-46(65)33-73-41-18-14-11-15-19-41/h10-27,30,34,42-45,47-48H,28-29,31-33H2,1-9H3,(H,57,64)(H,62,66,68)(H3,58,59,60,61,65,67)/t42-,43-,44+,45+,47+,48+,80?/m0/s1. The first-order chi connectivity index (χ1) is 38.7. The van der Waals surface area contributed by atoms with Crippen LogP contribution in [0.15, 0.2) is 130 Å². The van der Waals surface area contributed by atoms with E-state index in [1.165, 1.54) is 10.8 Å². The first-order valence-corrected chi connectivity index (χ1v) is 30.4. The van der Waals surface area contributed by atoms with Crippen LogP contribution in [0.2, 0.25) is 18.1 Å². The fraction of sp³-hybridized carbons (Fsp3) is 0.393. The maximum Gasteiger partial charge on any atom is 0.474 e. The Hall–Kier alpha value is -7.25. The highest BCUT2D eigenvalue weighted by Crippen LogP contribution is 2.54. The third-order valence-electron chi connectivity index (χ3n) is 14.4. The van der Waals surface area contributed by atoms with Crippen molar-refractivity contribution in [2.24, 2.45) is 0 Å². The summed E-state index contributed by atoms with van der Waals surface area (Å²) in [5.74, 6) is 0.484. The number of phosphoric acid groups is 1. The number of aromatic amines is 2. The summed E-state index contributed by atoms with van der Waals surface area (Å²) in [4.78, 5) is 73.5. The van der Waals surface area contributed by atoms with Crippen molar-refractivity contribution in [3.05, 3.63) is 169 Å². The third-order valence-corrected chi connectivity index (χ3v) is 20.4. The zero-order valence-corrected chi connectivity index (χ0v) is 48.3. The van der Waals surface area contributed by atoms with Gasteiger partial charge >= 0.3 is 13.5 Å². The molecule has 6 aromatic rings. The zero-order valence-electron chi connectivity index (χ0n) is 46.4. The number of methoxy groups -OCH3 is 2. The topological polar surface area (TPSA) is 280 Å². The van der Waals surface area contributed by atoms with Crippen molar-refractivity contribution in [3.8, 4) is 17.2 Å². The number of benzene rings is 4. The number of hydrogen-bond donors (Lipinski definition) is 5. The minimum atomic E-state index is -4.62. The lowest BCUT2D eigenvalue weighted by Gasteiger charge is -2.39. The van der Waals surface area contributed by atoms with Crippen molar-refractivity contribution < 1.29 is 60.6 Å². The number of phosphoric ester groups is 1. The number of carbonyl (C=O) groups excluding carboxylic acids is 2. The summed E-state index contributed by atoms with van der Waals surface area (Å²) in [6, 6.07) is 32.9. The molecule has 0 radical (unpaired) electrons. The van der Waals surface area contributed by atoms with Gasteiger partial charge in [-0.3, -0.25) is 52.6 Å². The molecule has 4 heterocycles. The summed E-state index contributed by atoms with van der Waals surface area (Å²) in [5.41, 5.74) is -1.51. The summed E-state index contributed by atoms with van der Waals surface area (Å²) in [6.45, 7) is 11.0. The predicted octanol–water partition coefficient (Wildman–Crippen LogP) is 7.60. The molecule has 1 unspecified atom stereocenters. The van der Waals surface area contributed by atoms with Crippen molar-refractivity contribution in [2.45, 2.75) is 101 Å². The Morgan fingerprint density at radius 2 is 1.40 bits per heavy atom. The Balaban J connectivity index is 1.15. The molecule has 0 bridgehead atoms. The molecule has 23 nitrogen and oxygen atoms in total. The van der Waals surface area contributed by atoms with Crippen LogP contribution < -0.4 is 47.0 Å². The van der Waals surface area contributed by atoms with Crippen LogP contribution in [0.25, 0.3) is 0 Å². The van der Waals surface area contributed by atoms with Crippen LogP contribution in [0.3, 0.4) is 0 Å². The van der Waals surface area contributed by atoms with Gasteiger partial charge in [0.25, 0.3) is 17.0 Å². The molecule has 2 saturated heterocycles. The van der Waals surface area contributed by atoms with Gasteiger partial charge in [-0.1, -0.05) is 93.6 Å². The van der Waals surface area contributed by atoms with Gasteiger partial charge in [-0.15, -0.1) is 0 Å². The summed E-state index contributed by atoms with van der Waals surface area (Å²) in [7, 11) is -2.74. The second-order valence-electron chi connectivity index (χ2n) is 20.7.